The third-order valence-electron chi connectivity index (χ3n) is 10.1. The molecule has 0 aromatic carbocycles. The van der Waals surface area contributed by atoms with Crippen LogP contribution < -0.4 is 16.0 Å². The average molecular weight is 672 g/mol. The Labute approximate surface area is 288 Å². The molecule has 1 aliphatic carbocycles. The number of carbonyl (C=O) groups is 1. The van der Waals surface area contributed by atoms with E-state index in [0.29, 0.717) is 25.8 Å². The summed E-state index contributed by atoms with van der Waals surface area (Å²) < 4.78 is 0. The quantitative estimate of drug-likeness (QED) is 0.0386. The second-order valence-corrected chi connectivity index (χ2v) is 14.4. The predicted molar refractivity (Wildman–Crippen MR) is 194 cm³/mol. The van der Waals surface area contributed by atoms with Crippen molar-refractivity contribution < 1.29 is 30.3 Å². The number of urea groups is 1. The van der Waals surface area contributed by atoms with E-state index in [4.69, 9.17) is 0 Å². The maximum Gasteiger partial charge on any atom is 0.315 e. The SMILES string of the molecule is CCCCCCCCCCCCCCCCCCCCCCCCNC(=O)NC(CNC1CCC(O)C(O)C1O)C(O)CC(O)CC. The Bertz CT molecular complexity index is 717. The molecule has 8 N–H and O–H groups in total. The van der Waals surface area contributed by atoms with Crippen molar-refractivity contribution >= 4 is 6.03 Å². The van der Waals surface area contributed by atoms with Crippen LogP contribution in [0, 0.1) is 0 Å². The van der Waals surface area contributed by atoms with Crippen molar-refractivity contribution in [3.8, 4) is 0 Å². The third-order valence-corrected chi connectivity index (χ3v) is 10.1. The second kappa shape index (κ2) is 29.9. The zero-order valence-corrected chi connectivity index (χ0v) is 30.5. The van der Waals surface area contributed by atoms with Gasteiger partial charge in [0.15, 0.2) is 0 Å². The number of carbonyl (C=O) groups excluding carboxylic acids is 1. The van der Waals surface area contributed by atoms with Gasteiger partial charge in [0.1, 0.15) is 6.10 Å². The molecular weight excluding hydrogens is 594 g/mol. The fraction of sp³-hybridized carbons (Fsp3) is 0.974. The Morgan fingerprint density at radius 1 is 0.638 bits per heavy atom. The first-order chi connectivity index (χ1) is 22.8. The molecule has 0 bridgehead atoms. The van der Waals surface area contributed by atoms with E-state index < -0.39 is 42.6 Å². The lowest BCUT2D eigenvalue weighted by atomic mass is 9.87. The molecule has 0 heterocycles. The van der Waals surface area contributed by atoms with Crippen molar-refractivity contribution in [1.82, 2.24) is 16.0 Å². The number of aliphatic hydroxyl groups excluding tert-OH is 5. The molecule has 9 heteroatoms. The molecule has 280 valence electrons. The monoisotopic (exact) mass is 672 g/mol. The molecule has 0 aromatic heterocycles. The van der Waals surface area contributed by atoms with Crippen molar-refractivity contribution in [3.63, 3.8) is 0 Å². The molecule has 1 saturated carbocycles. The Morgan fingerprint density at radius 3 is 1.53 bits per heavy atom. The predicted octanol–water partition coefficient (Wildman–Crippen LogP) is 6.61. The summed E-state index contributed by atoms with van der Waals surface area (Å²) in [5, 5.41) is 59.6. The van der Waals surface area contributed by atoms with Crippen molar-refractivity contribution in [2.45, 2.75) is 223 Å². The van der Waals surface area contributed by atoms with Crippen molar-refractivity contribution in [2.24, 2.45) is 0 Å². The van der Waals surface area contributed by atoms with E-state index >= 15 is 0 Å². The molecule has 0 saturated heterocycles. The van der Waals surface area contributed by atoms with Crippen molar-refractivity contribution in [1.29, 1.82) is 0 Å². The van der Waals surface area contributed by atoms with E-state index in [-0.39, 0.29) is 19.0 Å². The van der Waals surface area contributed by atoms with Crippen LogP contribution in [0.2, 0.25) is 0 Å². The Kier molecular flexibility index (Phi) is 28.0. The highest BCUT2D eigenvalue weighted by molar-refractivity contribution is 5.74. The summed E-state index contributed by atoms with van der Waals surface area (Å²) >= 11 is 0. The van der Waals surface area contributed by atoms with Crippen LogP contribution in [0.3, 0.4) is 0 Å². The summed E-state index contributed by atoms with van der Waals surface area (Å²) in [6.07, 6.45) is 26.0. The Hall–Kier alpha value is -0.970. The minimum atomic E-state index is -1.23. The van der Waals surface area contributed by atoms with Gasteiger partial charge in [0.05, 0.1) is 30.5 Å². The molecule has 7 unspecified atom stereocenters. The topological polar surface area (TPSA) is 154 Å². The van der Waals surface area contributed by atoms with E-state index in [1.165, 1.54) is 128 Å². The van der Waals surface area contributed by atoms with Gasteiger partial charge in [-0.2, -0.15) is 0 Å². The van der Waals surface area contributed by atoms with Gasteiger partial charge in [-0.15, -0.1) is 0 Å². The van der Waals surface area contributed by atoms with Crippen LogP contribution in [0.5, 0.6) is 0 Å². The van der Waals surface area contributed by atoms with E-state index in [1.54, 1.807) is 0 Å². The lowest BCUT2D eigenvalue weighted by Crippen LogP contribution is -2.59. The summed E-state index contributed by atoms with van der Waals surface area (Å²) in [4.78, 5) is 12.6. The van der Waals surface area contributed by atoms with Gasteiger partial charge in [-0.3, -0.25) is 0 Å². The first-order valence-electron chi connectivity index (χ1n) is 20.0. The molecule has 7 atom stereocenters. The molecule has 0 aromatic rings. The van der Waals surface area contributed by atoms with E-state index in [1.807, 2.05) is 6.92 Å². The van der Waals surface area contributed by atoms with Crippen LogP contribution in [-0.4, -0.2) is 87.3 Å². The molecule has 0 spiro atoms. The molecular formula is C38H77N3O6. The minimum absolute atomic E-state index is 0.122. The van der Waals surface area contributed by atoms with Gasteiger partial charge < -0.3 is 41.5 Å². The van der Waals surface area contributed by atoms with Crippen LogP contribution in [0.1, 0.15) is 181 Å². The minimum Gasteiger partial charge on any atom is -0.393 e. The lowest BCUT2D eigenvalue weighted by Gasteiger charge is -2.37. The standard InChI is InChI=1S/C38H77N3O6/c1-3-5-6-7-8-9-10-11-12-13-14-15-16-17-18-19-20-21-22-23-24-25-28-39-38(47)41-33(35(44)29-31(42)4-2)30-40-32-26-27-34(43)37(46)36(32)45/h31-37,40,42-46H,3-30H2,1-2H3,(H2,39,41,47). The van der Waals surface area contributed by atoms with E-state index in [2.05, 4.69) is 22.9 Å². The molecule has 9 nitrogen and oxygen atoms in total. The lowest BCUT2D eigenvalue weighted by molar-refractivity contribution is -0.0986. The molecule has 1 rings (SSSR count). The number of unbranched alkanes of at least 4 members (excludes halogenated alkanes) is 21. The van der Waals surface area contributed by atoms with Gasteiger partial charge in [0.2, 0.25) is 0 Å². The van der Waals surface area contributed by atoms with Gasteiger partial charge in [-0.05, 0) is 25.7 Å². The smallest absolute Gasteiger partial charge is 0.315 e. The van der Waals surface area contributed by atoms with Crippen LogP contribution in [0.15, 0.2) is 0 Å². The van der Waals surface area contributed by atoms with Gasteiger partial charge in [0, 0.05) is 25.6 Å². The molecule has 0 aliphatic heterocycles. The van der Waals surface area contributed by atoms with Gasteiger partial charge in [0.25, 0.3) is 0 Å². The number of hydrogen-bond donors (Lipinski definition) is 8. The summed E-state index contributed by atoms with van der Waals surface area (Å²) in [6.45, 7) is 4.83. The van der Waals surface area contributed by atoms with Gasteiger partial charge in [-0.25, -0.2) is 4.79 Å². The van der Waals surface area contributed by atoms with Crippen LogP contribution in [0.4, 0.5) is 4.79 Å². The van der Waals surface area contributed by atoms with Crippen molar-refractivity contribution in [3.05, 3.63) is 0 Å². The summed E-state index contributed by atoms with van der Waals surface area (Å²) in [5.41, 5.74) is 0. The fourth-order valence-corrected chi connectivity index (χ4v) is 6.71. The zero-order valence-electron chi connectivity index (χ0n) is 30.5. The summed E-state index contributed by atoms with van der Waals surface area (Å²) in [5.74, 6) is 0. The van der Waals surface area contributed by atoms with Gasteiger partial charge in [-0.1, -0.05) is 149 Å². The number of amides is 2. The van der Waals surface area contributed by atoms with Crippen molar-refractivity contribution in [2.75, 3.05) is 13.1 Å². The molecule has 0 radical (unpaired) electrons. The van der Waals surface area contributed by atoms with Crippen LogP contribution in [-0.2, 0) is 0 Å². The zero-order chi connectivity index (χ0) is 34.5. The van der Waals surface area contributed by atoms with E-state index in [0.717, 1.165) is 12.8 Å². The molecule has 1 aliphatic rings. The van der Waals surface area contributed by atoms with Crippen LogP contribution in [0.25, 0.3) is 0 Å². The number of nitrogens with one attached hydrogen (secondary N) is 3. The largest absolute Gasteiger partial charge is 0.393 e. The average Bonchev–Trinajstić information content (AvgIpc) is 3.06. The van der Waals surface area contributed by atoms with Gasteiger partial charge >= 0.3 is 6.03 Å². The molecule has 47 heavy (non-hydrogen) atoms. The van der Waals surface area contributed by atoms with E-state index in [9.17, 15) is 30.3 Å². The first kappa shape index (κ1) is 44.1. The second-order valence-electron chi connectivity index (χ2n) is 14.4. The summed E-state index contributed by atoms with van der Waals surface area (Å²) in [6, 6.07) is -1.52. The summed E-state index contributed by atoms with van der Waals surface area (Å²) in [7, 11) is 0. The highest BCUT2D eigenvalue weighted by Crippen LogP contribution is 2.20. The Balaban J connectivity index is 2.02. The number of rotatable bonds is 31. The maximum atomic E-state index is 12.6. The number of hydrogen-bond acceptors (Lipinski definition) is 7. The highest BCUT2D eigenvalue weighted by atomic mass is 16.4. The normalized spacial score (nSPS) is 21.8. The number of aliphatic hydroxyl groups is 5. The molecule has 1 fully saturated rings. The third kappa shape index (κ3) is 23.1. The van der Waals surface area contributed by atoms with Crippen LogP contribution >= 0.6 is 0 Å². The molecule has 2 amide bonds. The highest BCUT2D eigenvalue weighted by Gasteiger charge is 2.37. The first-order valence-corrected chi connectivity index (χ1v) is 20.0. The Morgan fingerprint density at radius 2 is 1.09 bits per heavy atom. The maximum absolute atomic E-state index is 12.6. The fourth-order valence-electron chi connectivity index (χ4n) is 6.71.